The number of carboxylic acids is 1. The summed E-state index contributed by atoms with van der Waals surface area (Å²) in [6.07, 6.45) is 1.76. The number of fused-ring (bicyclic) bond motifs is 3. The van der Waals surface area contributed by atoms with E-state index in [2.05, 4.69) is 14.7 Å². The molecule has 10 heteroatoms. The molecule has 162 valence electrons. The number of hydrogen-bond acceptors (Lipinski definition) is 6. The van der Waals surface area contributed by atoms with Gasteiger partial charge in [0, 0.05) is 28.5 Å². The van der Waals surface area contributed by atoms with Crippen molar-refractivity contribution in [2.24, 2.45) is 0 Å². The monoisotopic (exact) mass is 442 g/mol. The van der Waals surface area contributed by atoms with Crippen LogP contribution in [0.4, 0.5) is 5.69 Å². The van der Waals surface area contributed by atoms with Crippen molar-refractivity contribution in [1.82, 2.24) is 9.97 Å². The number of pyridine rings is 1. The fourth-order valence-electron chi connectivity index (χ4n) is 2.92. The normalized spacial score (nSPS) is 11.0. The highest BCUT2D eigenvalue weighted by Crippen LogP contribution is 2.28. The van der Waals surface area contributed by atoms with Crippen LogP contribution in [0.5, 0.6) is 5.75 Å². The van der Waals surface area contributed by atoms with Crippen LogP contribution in [0.15, 0.2) is 64.4 Å². The Morgan fingerprint density at radius 3 is 2.52 bits per heavy atom. The number of methoxy groups -OCH3 is 1. The summed E-state index contributed by atoms with van der Waals surface area (Å²) in [5.74, 6) is -0.570. The van der Waals surface area contributed by atoms with Crippen molar-refractivity contribution < 1.29 is 23.1 Å². The number of ether oxygens (including phenoxy) is 1. The summed E-state index contributed by atoms with van der Waals surface area (Å²) in [6, 6.07) is 13.1. The third kappa shape index (κ3) is 4.69. The van der Waals surface area contributed by atoms with E-state index in [1.54, 1.807) is 48.7 Å². The predicted molar refractivity (Wildman–Crippen MR) is 116 cm³/mol. The number of anilines is 1. The number of rotatable bonds is 5. The quantitative estimate of drug-likeness (QED) is 0.431. The van der Waals surface area contributed by atoms with Crippen molar-refractivity contribution in [3.05, 3.63) is 65.1 Å². The number of para-hydroxylation sites is 2. The molecular formula is C21H20N3O6S-. The van der Waals surface area contributed by atoms with E-state index in [1.807, 2.05) is 0 Å². The minimum atomic E-state index is -3.83. The Morgan fingerprint density at radius 1 is 1.13 bits per heavy atom. The molecule has 3 N–H and O–H groups in total. The van der Waals surface area contributed by atoms with E-state index in [-0.39, 0.29) is 16.9 Å². The molecule has 0 aliphatic rings. The molecule has 0 aliphatic carbocycles. The lowest BCUT2D eigenvalue weighted by molar-refractivity contribution is -0.305. The molecule has 0 saturated heterocycles. The first-order chi connectivity index (χ1) is 14.8. The molecule has 0 saturated carbocycles. The van der Waals surface area contributed by atoms with Gasteiger partial charge < -0.3 is 24.6 Å². The van der Waals surface area contributed by atoms with Crippen molar-refractivity contribution in [2.75, 3.05) is 11.8 Å². The number of benzene rings is 2. The molecule has 4 rings (SSSR count). The van der Waals surface area contributed by atoms with Gasteiger partial charge in [-0.3, -0.25) is 9.52 Å². The molecule has 2 heterocycles. The SMILES string of the molecule is CCC(=O)[O-].COc1ccccc1NS(=O)(=O)c1ccc2[nH]c(=O)c3[nH]ccc3c2c1. The number of aromatic nitrogens is 2. The van der Waals surface area contributed by atoms with Gasteiger partial charge in [-0.25, -0.2) is 8.42 Å². The molecule has 2 aromatic heterocycles. The first-order valence-electron chi connectivity index (χ1n) is 9.25. The molecule has 9 nitrogen and oxygen atoms in total. The van der Waals surface area contributed by atoms with Gasteiger partial charge >= 0.3 is 0 Å². The molecule has 2 aromatic carbocycles. The Balaban J connectivity index is 0.000000491. The van der Waals surface area contributed by atoms with Gasteiger partial charge in [0.15, 0.2) is 0 Å². The largest absolute Gasteiger partial charge is 0.550 e. The Labute approximate surface area is 177 Å². The molecule has 4 aromatic rings. The zero-order chi connectivity index (χ0) is 22.6. The number of carboxylic acid groups (broad SMARTS) is 1. The van der Waals surface area contributed by atoms with Gasteiger partial charge in [0.25, 0.3) is 15.6 Å². The molecule has 31 heavy (non-hydrogen) atoms. The Kier molecular flexibility index (Phi) is 6.30. The minimum Gasteiger partial charge on any atom is -0.550 e. The molecule has 0 amide bonds. The van der Waals surface area contributed by atoms with Gasteiger partial charge in [-0.2, -0.15) is 0 Å². The smallest absolute Gasteiger partial charge is 0.272 e. The van der Waals surface area contributed by atoms with Crippen molar-refractivity contribution in [3.8, 4) is 5.75 Å². The Hall–Kier alpha value is -3.79. The third-order valence-electron chi connectivity index (χ3n) is 4.45. The number of aromatic amines is 2. The van der Waals surface area contributed by atoms with Crippen LogP contribution in [0.25, 0.3) is 21.8 Å². The summed E-state index contributed by atoms with van der Waals surface area (Å²) in [6.45, 7) is 1.54. The molecule has 0 unspecified atom stereocenters. The summed E-state index contributed by atoms with van der Waals surface area (Å²) < 4.78 is 33.3. The summed E-state index contributed by atoms with van der Waals surface area (Å²) in [5.41, 5.74) is 1.08. The van der Waals surface area contributed by atoms with E-state index in [9.17, 15) is 23.1 Å². The van der Waals surface area contributed by atoms with Gasteiger partial charge in [-0.15, -0.1) is 0 Å². The molecule has 0 aliphatic heterocycles. The van der Waals surface area contributed by atoms with Crippen molar-refractivity contribution in [3.63, 3.8) is 0 Å². The maximum atomic E-state index is 12.8. The fourth-order valence-corrected chi connectivity index (χ4v) is 4.02. The maximum Gasteiger partial charge on any atom is 0.272 e. The van der Waals surface area contributed by atoms with E-state index in [0.29, 0.717) is 33.2 Å². The van der Waals surface area contributed by atoms with Crippen LogP contribution < -0.4 is 20.1 Å². The second-order valence-electron chi connectivity index (χ2n) is 6.46. The van der Waals surface area contributed by atoms with Gasteiger partial charge in [-0.05, 0) is 42.8 Å². The molecule has 0 fully saturated rings. The molecule has 0 radical (unpaired) electrons. The average molecular weight is 442 g/mol. The molecule has 0 atom stereocenters. The summed E-state index contributed by atoms with van der Waals surface area (Å²) in [4.78, 5) is 27.0. The van der Waals surface area contributed by atoms with Crippen molar-refractivity contribution in [2.45, 2.75) is 18.2 Å². The van der Waals surface area contributed by atoms with E-state index < -0.39 is 16.0 Å². The van der Waals surface area contributed by atoms with Crippen LogP contribution in [0.1, 0.15) is 13.3 Å². The van der Waals surface area contributed by atoms with Gasteiger partial charge in [0.1, 0.15) is 11.3 Å². The zero-order valence-electron chi connectivity index (χ0n) is 16.8. The summed E-state index contributed by atoms with van der Waals surface area (Å²) in [5, 5.41) is 10.6. The predicted octanol–water partition coefficient (Wildman–Crippen LogP) is 1.97. The fraction of sp³-hybridized carbons (Fsp3) is 0.143. The first-order valence-corrected chi connectivity index (χ1v) is 10.7. The van der Waals surface area contributed by atoms with Crippen LogP contribution >= 0.6 is 0 Å². The Bertz CT molecular complexity index is 1410. The van der Waals surface area contributed by atoms with E-state index in [4.69, 9.17) is 4.74 Å². The van der Waals surface area contributed by atoms with Gasteiger partial charge in [-0.1, -0.05) is 19.1 Å². The van der Waals surface area contributed by atoms with Crippen LogP contribution in [0.2, 0.25) is 0 Å². The lowest BCUT2D eigenvalue weighted by atomic mass is 10.1. The van der Waals surface area contributed by atoms with E-state index >= 15 is 0 Å². The van der Waals surface area contributed by atoms with Crippen LogP contribution in [-0.2, 0) is 14.8 Å². The lowest BCUT2D eigenvalue weighted by Gasteiger charge is -2.12. The van der Waals surface area contributed by atoms with Crippen LogP contribution in [0.3, 0.4) is 0 Å². The number of carbonyl (C=O) groups is 1. The maximum absolute atomic E-state index is 12.8. The first kappa shape index (κ1) is 21.9. The Morgan fingerprint density at radius 2 is 1.84 bits per heavy atom. The zero-order valence-corrected chi connectivity index (χ0v) is 17.6. The molecule has 0 bridgehead atoms. The number of nitrogens with one attached hydrogen (secondary N) is 3. The van der Waals surface area contributed by atoms with E-state index in [1.165, 1.54) is 20.1 Å². The highest BCUT2D eigenvalue weighted by molar-refractivity contribution is 7.92. The van der Waals surface area contributed by atoms with Gasteiger partial charge in [0.2, 0.25) is 0 Å². The number of H-pyrrole nitrogens is 2. The van der Waals surface area contributed by atoms with E-state index in [0.717, 1.165) is 0 Å². The number of aliphatic carboxylic acids is 1. The van der Waals surface area contributed by atoms with Crippen molar-refractivity contribution in [1.29, 1.82) is 0 Å². The number of sulfonamides is 1. The lowest BCUT2D eigenvalue weighted by Crippen LogP contribution is -2.19. The second-order valence-corrected chi connectivity index (χ2v) is 8.14. The van der Waals surface area contributed by atoms with Crippen LogP contribution in [0, 0.1) is 0 Å². The number of carbonyl (C=O) groups excluding carboxylic acids is 1. The highest BCUT2D eigenvalue weighted by atomic mass is 32.2. The third-order valence-corrected chi connectivity index (χ3v) is 5.82. The highest BCUT2D eigenvalue weighted by Gasteiger charge is 2.18. The van der Waals surface area contributed by atoms with Gasteiger partial charge in [0.05, 0.1) is 17.7 Å². The number of hydrogen-bond donors (Lipinski definition) is 3. The second kappa shape index (κ2) is 8.92. The topological polar surface area (TPSA) is 144 Å². The van der Waals surface area contributed by atoms with Crippen LogP contribution in [-0.4, -0.2) is 31.5 Å². The molecule has 0 spiro atoms. The average Bonchev–Trinajstić information content (AvgIpc) is 3.25. The standard InChI is InChI=1S/C18H15N3O4S.C3H6O2/c1-25-16-5-3-2-4-15(16)21-26(23,24)11-6-7-14-13(10-11)12-8-9-19-17(12)18(22)20-14;1-2-3(4)5/h2-10,19,21H,1H3,(H,20,22);2H2,1H3,(H,4,5)/p-1. The molecular weight excluding hydrogens is 422 g/mol. The summed E-state index contributed by atoms with van der Waals surface area (Å²) in [7, 11) is -2.36. The summed E-state index contributed by atoms with van der Waals surface area (Å²) >= 11 is 0. The minimum absolute atomic E-state index is 0.0884. The van der Waals surface area contributed by atoms with Crippen molar-refractivity contribution >= 4 is 43.5 Å².